The molecule has 2 fully saturated rings. The zero-order valence-electron chi connectivity index (χ0n) is 36.6. The summed E-state index contributed by atoms with van der Waals surface area (Å²) in [5.41, 5.74) is 1.14. The molecule has 0 atom stereocenters. The highest BCUT2D eigenvalue weighted by Gasteiger charge is 2.48. The molecular weight excluding hydrogens is 622 g/mol. The lowest BCUT2D eigenvalue weighted by atomic mass is 9.71. The molecule has 0 aromatic heterocycles. The van der Waals surface area contributed by atoms with Crippen LogP contribution in [0.2, 0.25) is 0 Å². The van der Waals surface area contributed by atoms with Crippen LogP contribution in [0.15, 0.2) is 0 Å². The Hall–Kier alpha value is -0.460. The summed E-state index contributed by atoms with van der Waals surface area (Å²) in [4.78, 5) is 0. The van der Waals surface area contributed by atoms with E-state index in [0.29, 0.717) is 37.9 Å². The molecule has 48 heavy (non-hydrogen) atoms. The van der Waals surface area contributed by atoms with E-state index in [1.807, 2.05) is 0 Å². The van der Waals surface area contributed by atoms with Crippen molar-refractivity contribution >= 4 is 0 Å². The lowest BCUT2D eigenvalue weighted by molar-refractivity contribution is -0.358. The van der Waals surface area contributed by atoms with E-state index in [1.165, 1.54) is 46.5 Å². The van der Waals surface area contributed by atoms with Gasteiger partial charge in [-0.15, -0.1) is 13.2 Å². The van der Waals surface area contributed by atoms with Gasteiger partial charge in [0.05, 0.1) is 11.0 Å². The largest absolute Gasteiger partial charge is 0.523 e. The van der Waals surface area contributed by atoms with Gasteiger partial charge in [-0.1, -0.05) is 152 Å². The van der Waals surface area contributed by atoms with E-state index in [0.717, 1.165) is 26.7 Å². The van der Waals surface area contributed by atoms with Crippen LogP contribution in [0.25, 0.3) is 0 Å². The van der Waals surface area contributed by atoms with Crippen LogP contribution >= 0.6 is 0 Å². The second-order valence-electron chi connectivity index (χ2n) is 22.0. The molecule has 0 spiro atoms. The molecule has 2 aliphatic carbocycles. The monoisotopic (exact) mass is 707 g/mol. The maximum Gasteiger partial charge on any atom is 0.523 e. The van der Waals surface area contributed by atoms with Crippen molar-refractivity contribution in [2.45, 2.75) is 217 Å². The molecule has 0 aromatic rings. The summed E-state index contributed by atoms with van der Waals surface area (Å²) in [6.45, 7) is 51.2. The first-order valence-corrected chi connectivity index (χ1v) is 17.9. The third-order valence-electron chi connectivity index (χ3n) is 10.9. The van der Waals surface area contributed by atoms with Crippen molar-refractivity contribution in [1.82, 2.24) is 0 Å². The van der Waals surface area contributed by atoms with E-state index in [9.17, 15) is 26.3 Å². The first kappa shape index (κ1) is 54.3. The zero-order chi connectivity index (χ0) is 40.6. The minimum absolute atomic E-state index is 0.437. The lowest BCUT2D eigenvalue weighted by Gasteiger charge is -2.34. The Balaban J connectivity index is -0.000000242. The van der Waals surface area contributed by atoms with Gasteiger partial charge >= 0.3 is 12.5 Å². The first-order valence-electron chi connectivity index (χ1n) is 17.9. The second-order valence-corrected chi connectivity index (χ2v) is 22.0. The second kappa shape index (κ2) is 17.8. The highest BCUT2D eigenvalue weighted by molar-refractivity contribution is 4.98. The minimum Gasteiger partial charge on any atom is -0.286 e. The molecule has 0 amide bonds. The van der Waals surface area contributed by atoms with E-state index < -0.39 is 23.6 Å². The van der Waals surface area contributed by atoms with Crippen molar-refractivity contribution in [2.24, 2.45) is 49.2 Å². The predicted octanol–water partition coefficient (Wildman–Crippen LogP) is 16.3. The Labute approximate surface area is 296 Å². The Morgan fingerprint density at radius 1 is 0.438 bits per heavy atom. The molecule has 0 heterocycles. The average molecular weight is 707 g/mol. The summed E-state index contributed by atoms with van der Waals surface area (Å²) in [5.74, 6) is 0.799. The lowest BCUT2D eigenvalue weighted by Crippen LogP contribution is -2.28. The molecule has 2 saturated carbocycles. The van der Waals surface area contributed by atoms with E-state index in [2.05, 4.69) is 136 Å². The Morgan fingerprint density at radius 3 is 0.625 bits per heavy atom. The van der Waals surface area contributed by atoms with Crippen LogP contribution < -0.4 is 0 Å². The highest BCUT2D eigenvalue weighted by atomic mass is 19.4. The molecular formula is C41H84F6O. The molecule has 0 unspecified atom stereocenters. The summed E-state index contributed by atoms with van der Waals surface area (Å²) in [5, 5.41) is 0. The Morgan fingerprint density at radius 2 is 0.625 bits per heavy atom. The van der Waals surface area contributed by atoms with E-state index in [1.54, 1.807) is 0 Å². The van der Waals surface area contributed by atoms with Crippen molar-refractivity contribution in [3.8, 4) is 0 Å². The van der Waals surface area contributed by atoms with Gasteiger partial charge < -0.3 is 0 Å². The number of alkyl halides is 6. The van der Waals surface area contributed by atoms with Gasteiger partial charge in [0.2, 0.25) is 0 Å². The summed E-state index contributed by atoms with van der Waals surface area (Å²) in [7, 11) is 0. The van der Waals surface area contributed by atoms with E-state index >= 15 is 0 Å². The smallest absolute Gasteiger partial charge is 0.286 e. The fraction of sp³-hybridized carbons (Fsp3) is 1.00. The fourth-order valence-electron chi connectivity index (χ4n) is 2.22. The SMILES string of the molecule is CC(C)(C)C(C)(C)C.CC(C)(C)C(F)(F)F.CC(C)(C)C1(C)CC1.CC(C)(C)C1(C)CC1.CC(C)(C)OC(F)(F)F.CC(C)C(C)(C)C. The van der Waals surface area contributed by atoms with Gasteiger partial charge in [-0.3, -0.25) is 4.74 Å². The first-order chi connectivity index (χ1) is 20.1. The van der Waals surface area contributed by atoms with Crippen molar-refractivity contribution in [1.29, 1.82) is 0 Å². The Bertz CT molecular complexity index is 722. The molecule has 0 N–H and O–H groups in total. The van der Waals surface area contributed by atoms with Crippen molar-refractivity contribution in [3.63, 3.8) is 0 Å². The van der Waals surface area contributed by atoms with Gasteiger partial charge in [0, 0.05) is 0 Å². The molecule has 7 heteroatoms. The third-order valence-corrected chi connectivity index (χ3v) is 10.9. The number of halogens is 6. The topological polar surface area (TPSA) is 9.23 Å². The average Bonchev–Trinajstić information content (AvgIpc) is 3.61. The standard InChI is InChI=1S/2C8H16.C8H18.C7H16.C5H9F3O.C5H9F3/c2*1-7(2,3)8(4)5-6-8;1-7(2,3)8(4,5)6;1-6(2)7(3,4)5;1-4(2,3)9-5(6,7)8;1-4(2,3)5(6,7)8/h2*5-6H2,1-4H3;1-6H3;6H,1-5H3;1-3H3;1-3H3. The normalized spacial score (nSPS) is 17.8. The molecule has 0 bridgehead atoms. The van der Waals surface area contributed by atoms with Crippen LogP contribution in [0.1, 0.15) is 199 Å². The highest BCUT2D eigenvalue weighted by Crippen LogP contribution is 2.58. The van der Waals surface area contributed by atoms with Crippen molar-refractivity contribution in [3.05, 3.63) is 0 Å². The summed E-state index contributed by atoms with van der Waals surface area (Å²) in [6.07, 6.45) is -2.81. The van der Waals surface area contributed by atoms with Gasteiger partial charge in [-0.25, -0.2) is 0 Å². The number of hydrogen-bond acceptors (Lipinski definition) is 1. The molecule has 0 aromatic carbocycles. The maximum atomic E-state index is 11.6. The van der Waals surface area contributed by atoms with Gasteiger partial charge in [-0.05, 0) is 90.3 Å². The molecule has 296 valence electrons. The number of hydrogen-bond donors (Lipinski definition) is 0. The fourth-order valence-corrected chi connectivity index (χ4v) is 2.22. The predicted molar refractivity (Wildman–Crippen MR) is 199 cm³/mol. The molecule has 0 saturated heterocycles. The minimum atomic E-state index is -4.52. The van der Waals surface area contributed by atoms with E-state index in [-0.39, 0.29) is 0 Å². The zero-order valence-corrected chi connectivity index (χ0v) is 36.6. The number of rotatable bonds is 0. The Kier molecular flexibility index (Phi) is 20.2. The van der Waals surface area contributed by atoms with Crippen LogP contribution in [0.4, 0.5) is 26.3 Å². The van der Waals surface area contributed by atoms with E-state index in [4.69, 9.17) is 0 Å². The van der Waals surface area contributed by atoms with Crippen molar-refractivity contribution < 1.29 is 31.1 Å². The van der Waals surface area contributed by atoms with Crippen LogP contribution in [0, 0.1) is 49.2 Å². The van der Waals surface area contributed by atoms with Crippen LogP contribution in [-0.2, 0) is 4.74 Å². The van der Waals surface area contributed by atoms with Crippen LogP contribution in [-0.4, -0.2) is 18.1 Å². The van der Waals surface area contributed by atoms with Gasteiger partial charge in [0.1, 0.15) is 0 Å². The van der Waals surface area contributed by atoms with Gasteiger partial charge in [-0.2, -0.15) is 13.2 Å². The third kappa shape index (κ3) is 27.3. The van der Waals surface area contributed by atoms with Crippen molar-refractivity contribution in [2.75, 3.05) is 0 Å². The van der Waals surface area contributed by atoms with Crippen LogP contribution in [0.5, 0.6) is 0 Å². The molecule has 1 nitrogen and oxygen atoms in total. The molecule has 0 aliphatic heterocycles. The van der Waals surface area contributed by atoms with Crippen LogP contribution in [0.3, 0.4) is 0 Å². The summed E-state index contributed by atoms with van der Waals surface area (Å²) in [6, 6.07) is 0. The maximum absolute atomic E-state index is 11.6. The number of ether oxygens (including phenoxy) is 1. The van der Waals surface area contributed by atoms with Gasteiger partial charge in [0.15, 0.2) is 0 Å². The molecule has 2 aliphatic rings. The quantitative estimate of drug-likeness (QED) is 0.228. The molecule has 0 radical (unpaired) electrons. The summed E-state index contributed by atoms with van der Waals surface area (Å²) < 4.78 is 72.3. The molecule has 2 rings (SSSR count). The summed E-state index contributed by atoms with van der Waals surface area (Å²) >= 11 is 0. The van der Waals surface area contributed by atoms with Gasteiger partial charge in [0.25, 0.3) is 0 Å².